The SMILES string of the molecule is CN1CCC(NC(=O)C(=O)Nc2ccc(Cl)cn2)[C@H](NC(=O)c2nc3c(s2)COCC3)C1. The number of rotatable bonds is 4. The summed E-state index contributed by atoms with van der Waals surface area (Å²) < 4.78 is 5.42. The zero-order valence-corrected chi connectivity index (χ0v) is 19.0. The van der Waals surface area contributed by atoms with E-state index in [1.165, 1.54) is 23.6 Å². The van der Waals surface area contributed by atoms with Crippen molar-refractivity contribution in [3.63, 3.8) is 0 Å². The summed E-state index contributed by atoms with van der Waals surface area (Å²) >= 11 is 7.11. The van der Waals surface area contributed by atoms with Gasteiger partial charge in [0.25, 0.3) is 5.91 Å². The van der Waals surface area contributed by atoms with E-state index in [9.17, 15) is 14.4 Å². The lowest BCUT2D eigenvalue weighted by Gasteiger charge is -2.37. The number of carbonyl (C=O) groups is 3. The van der Waals surface area contributed by atoms with Crippen LogP contribution in [0, 0.1) is 0 Å². The number of piperidine rings is 1. The fraction of sp³-hybridized carbons (Fsp3) is 0.450. The standard InChI is InChI=1S/C20H23ClN6O4S/c1-27-6-4-12(23-17(28)18(29)26-16-3-2-11(21)8-22-16)14(9-27)24-19(30)20-25-13-5-7-31-10-15(13)32-20/h2-3,8,12,14H,4-7,9-10H2,1H3,(H,23,28)(H,24,30)(H,22,26,29)/t12?,14-/m1/s1. The fourth-order valence-corrected chi connectivity index (χ4v) is 4.70. The molecule has 0 spiro atoms. The number of nitrogens with one attached hydrogen (secondary N) is 3. The zero-order chi connectivity index (χ0) is 22.7. The van der Waals surface area contributed by atoms with Gasteiger partial charge in [0.15, 0.2) is 5.01 Å². The molecule has 3 N–H and O–H groups in total. The first-order valence-corrected chi connectivity index (χ1v) is 11.4. The lowest BCUT2D eigenvalue weighted by molar-refractivity contribution is -0.136. The molecule has 2 atom stereocenters. The number of carbonyl (C=O) groups excluding carboxylic acids is 3. The minimum atomic E-state index is -0.837. The van der Waals surface area contributed by atoms with Crippen LogP contribution in [0.2, 0.25) is 5.02 Å². The van der Waals surface area contributed by atoms with Crippen LogP contribution in [0.25, 0.3) is 0 Å². The van der Waals surface area contributed by atoms with Gasteiger partial charge in [0.1, 0.15) is 5.82 Å². The molecule has 0 saturated carbocycles. The number of thiazole rings is 1. The second-order valence-corrected chi connectivity index (χ2v) is 9.24. The van der Waals surface area contributed by atoms with Crippen molar-refractivity contribution in [3.8, 4) is 0 Å². The molecule has 2 aromatic heterocycles. The Hall–Kier alpha value is -2.60. The summed E-state index contributed by atoms with van der Waals surface area (Å²) in [5.41, 5.74) is 0.907. The van der Waals surface area contributed by atoms with Gasteiger partial charge in [0, 0.05) is 19.2 Å². The molecule has 170 valence electrons. The molecule has 10 nitrogen and oxygen atoms in total. The molecule has 1 saturated heterocycles. The number of likely N-dealkylation sites (N-methyl/N-ethyl adjacent to an activating group) is 1. The minimum absolute atomic E-state index is 0.222. The number of fused-ring (bicyclic) bond motifs is 1. The van der Waals surface area contributed by atoms with Crippen LogP contribution in [0.3, 0.4) is 0 Å². The summed E-state index contributed by atoms with van der Waals surface area (Å²) in [5, 5.41) is 8.96. The maximum absolute atomic E-state index is 12.8. The first-order valence-electron chi connectivity index (χ1n) is 10.2. The van der Waals surface area contributed by atoms with Crippen molar-refractivity contribution in [1.82, 2.24) is 25.5 Å². The highest BCUT2D eigenvalue weighted by Gasteiger charge is 2.32. The van der Waals surface area contributed by atoms with Gasteiger partial charge < -0.3 is 25.6 Å². The predicted octanol–water partition coefficient (Wildman–Crippen LogP) is 0.822. The predicted molar refractivity (Wildman–Crippen MR) is 119 cm³/mol. The lowest BCUT2D eigenvalue weighted by Crippen LogP contribution is -2.60. The summed E-state index contributed by atoms with van der Waals surface area (Å²) in [7, 11) is 1.94. The van der Waals surface area contributed by atoms with Gasteiger partial charge in [-0.3, -0.25) is 14.4 Å². The summed E-state index contributed by atoms with van der Waals surface area (Å²) in [6.07, 6.45) is 2.66. The van der Waals surface area contributed by atoms with E-state index in [2.05, 4.69) is 30.8 Å². The summed E-state index contributed by atoms with van der Waals surface area (Å²) in [6.45, 7) is 2.33. The Labute approximate surface area is 193 Å². The van der Waals surface area contributed by atoms with Gasteiger partial charge in [-0.05, 0) is 32.1 Å². The monoisotopic (exact) mass is 478 g/mol. The van der Waals surface area contributed by atoms with Crippen molar-refractivity contribution >= 4 is 46.5 Å². The minimum Gasteiger partial charge on any atom is -0.375 e. The summed E-state index contributed by atoms with van der Waals surface area (Å²) in [6, 6.07) is 2.30. The van der Waals surface area contributed by atoms with E-state index < -0.39 is 17.9 Å². The van der Waals surface area contributed by atoms with Crippen molar-refractivity contribution < 1.29 is 19.1 Å². The Balaban J connectivity index is 1.38. The number of halogens is 1. The van der Waals surface area contributed by atoms with E-state index >= 15 is 0 Å². The molecule has 4 heterocycles. The number of likely N-dealkylation sites (tertiary alicyclic amines) is 1. The van der Waals surface area contributed by atoms with E-state index in [1.807, 2.05) is 7.05 Å². The molecular weight excluding hydrogens is 456 g/mol. The largest absolute Gasteiger partial charge is 0.375 e. The van der Waals surface area contributed by atoms with E-state index in [1.54, 1.807) is 6.07 Å². The third-order valence-electron chi connectivity index (χ3n) is 5.31. The molecule has 0 bridgehead atoms. The maximum atomic E-state index is 12.8. The lowest BCUT2D eigenvalue weighted by atomic mass is 9.99. The molecular formula is C20H23ClN6O4S. The van der Waals surface area contributed by atoms with Crippen molar-refractivity contribution in [2.45, 2.75) is 31.5 Å². The van der Waals surface area contributed by atoms with Crippen LogP contribution >= 0.6 is 22.9 Å². The van der Waals surface area contributed by atoms with Crippen LogP contribution in [0.5, 0.6) is 0 Å². The maximum Gasteiger partial charge on any atom is 0.314 e. The van der Waals surface area contributed by atoms with Crippen LogP contribution < -0.4 is 16.0 Å². The van der Waals surface area contributed by atoms with E-state index in [0.29, 0.717) is 42.6 Å². The third kappa shape index (κ3) is 5.41. The first-order chi connectivity index (χ1) is 15.4. The number of ether oxygens (including phenoxy) is 1. The third-order valence-corrected chi connectivity index (χ3v) is 6.61. The van der Waals surface area contributed by atoms with Crippen molar-refractivity contribution in [2.24, 2.45) is 0 Å². The van der Waals surface area contributed by atoms with Gasteiger partial charge >= 0.3 is 11.8 Å². The van der Waals surface area contributed by atoms with Crippen molar-refractivity contribution in [1.29, 1.82) is 0 Å². The van der Waals surface area contributed by atoms with Crippen LogP contribution in [0.1, 0.15) is 26.8 Å². The molecule has 1 fully saturated rings. The molecule has 12 heteroatoms. The first kappa shape index (κ1) is 22.6. The average molecular weight is 479 g/mol. The Morgan fingerprint density at radius 3 is 2.81 bits per heavy atom. The second-order valence-electron chi connectivity index (χ2n) is 7.72. The quantitative estimate of drug-likeness (QED) is 0.555. The van der Waals surface area contributed by atoms with Crippen LogP contribution in [-0.4, -0.2) is 71.4 Å². The molecule has 4 rings (SSSR count). The molecule has 0 radical (unpaired) electrons. The second kappa shape index (κ2) is 9.90. The van der Waals surface area contributed by atoms with Gasteiger partial charge in [-0.1, -0.05) is 11.6 Å². The highest BCUT2D eigenvalue weighted by molar-refractivity contribution is 7.13. The van der Waals surface area contributed by atoms with Gasteiger partial charge in [-0.2, -0.15) is 0 Å². The number of pyridine rings is 1. The van der Waals surface area contributed by atoms with Crippen LogP contribution in [0.4, 0.5) is 5.82 Å². The average Bonchev–Trinajstić information content (AvgIpc) is 3.21. The van der Waals surface area contributed by atoms with Crippen LogP contribution in [-0.2, 0) is 27.4 Å². The number of nitrogens with zero attached hydrogens (tertiary/aromatic N) is 3. The van der Waals surface area contributed by atoms with Crippen LogP contribution in [0.15, 0.2) is 18.3 Å². The van der Waals surface area contributed by atoms with Gasteiger partial charge in [-0.15, -0.1) is 11.3 Å². The van der Waals surface area contributed by atoms with E-state index in [4.69, 9.17) is 16.3 Å². The van der Waals surface area contributed by atoms with E-state index in [0.717, 1.165) is 17.1 Å². The highest BCUT2D eigenvalue weighted by Crippen LogP contribution is 2.24. The number of aromatic nitrogens is 2. The molecule has 32 heavy (non-hydrogen) atoms. The normalized spacial score (nSPS) is 20.8. The molecule has 2 aromatic rings. The highest BCUT2D eigenvalue weighted by atomic mass is 35.5. The Bertz CT molecular complexity index is 991. The molecule has 0 aliphatic carbocycles. The van der Waals surface area contributed by atoms with Crippen molar-refractivity contribution in [3.05, 3.63) is 38.9 Å². The van der Waals surface area contributed by atoms with E-state index in [-0.39, 0.29) is 17.8 Å². The number of hydrogen-bond donors (Lipinski definition) is 3. The zero-order valence-electron chi connectivity index (χ0n) is 17.4. The summed E-state index contributed by atoms with van der Waals surface area (Å²) in [5.74, 6) is -1.70. The summed E-state index contributed by atoms with van der Waals surface area (Å²) in [4.78, 5) is 49.0. The van der Waals surface area contributed by atoms with Gasteiger partial charge in [0.2, 0.25) is 0 Å². The van der Waals surface area contributed by atoms with Crippen molar-refractivity contribution in [2.75, 3.05) is 32.1 Å². The smallest absolute Gasteiger partial charge is 0.314 e. The topological polar surface area (TPSA) is 126 Å². The Morgan fingerprint density at radius 1 is 1.22 bits per heavy atom. The number of amides is 3. The fourth-order valence-electron chi connectivity index (χ4n) is 3.64. The molecule has 2 aliphatic heterocycles. The number of anilines is 1. The van der Waals surface area contributed by atoms with Gasteiger partial charge in [0.05, 0.1) is 40.9 Å². The molecule has 0 aromatic carbocycles. The van der Waals surface area contributed by atoms with Gasteiger partial charge in [-0.25, -0.2) is 9.97 Å². The molecule has 3 amide bonds. The molecule has 2 aliphatic rings. The Kier molecular flexibility index (Phi) is 6.99. The Morgan fingerprint density at radius 2 is 2.06 bits per heavy atom. The number of hydrogen-bond acceptors (Lipinski definition) is 8. The molecule has 1 unspecified atom stereocenters.